The second-order valence-corrected chi connectivity index (χ2v) is 10.2. The fraction of sp³-hybridized carbons (Fsp3) is 0.593. The van der Waals surface area contributed by atoms with Gasteiger partial charge in [0.15, 0.2) is 5.78 Å². The molecule has 12 heteroatoms. The summed E-state index contributed by atoms with van der Waals surface area (Å²) in [5.41, 5.74) is -0.0574. The molecule has 2 saturated heterocycles. The van der Waals surface area contributed by atoms with E-state index in [2.05, 4.69) is 9.97 Å². The highest BCUT2D eigenvalue weighted by Crippen LogP contribution is 2.35. The molecule has 1 atom stereocenters. The highest BCUT2D eigenvalue weighted by Gasteiger charge is 2.38. The number of piperidine rings is 1. The van der Waals surface area contributed by atoms with E-state index in [-0.39, 0.29) is 30.4 Å². The molecule has 2 aliphatic heterocycles. The highest BCUT2D eigenvalue weighted by molar-refractivity contribution is 5.87. The van der Waals surface area contributed by atoms with Crippen LogP contribution >= 0.6 is 0 Å². The van der Waals surface area contributed by atoms with Gasteiger partial charge in [-0.05, 0) is 68.6 Å². The van der Waals surface area contributed by atoms with Crippen LogP contribution in [0.15, 0.2) is 30.3 Å². The SMILES string of the molecule is O=C(CCCc1ccc(C(F)(F)F)cc1)[C@@H]1CCCN1c1cc(N2CCC(CCO)CC2)nc(C(F)(F)F)n1. The Morgan fingerprint density at radius 3 is 2.21 bits per heavy atom. The van der Waals surface area contributed by atoms with Crippen molar-refractivity contribution in [2.45, 2.75) is 69.8 Å². The van der Waals surface area contributed by atoms with Crippen LogP contribution in [0, 0.1) is 5.92 Å². The molecular formula is C27H32F6N4O2. The van der Waals surface area contributed by atoms with Gasteiger partial charge in [0, 0.05) is 38.7 Å². The minimum absolute atomic E-state index is 0.0726. The van der Waals surface area contributed by atoms with Crippen LogP contribution in [0.4, 0.5) is 38.0 Å². The summed E-state index contributed by atoms with van der Waals surface area (Å²) in [6, 6.07) is 5.71. The van der Waals surface area contributed by atoms with E-state index in [1.807, 2.05) is 0 Å². The van der Waals surface area contributed by atoms with E-state index < -0.39 is 29.8 Å². The van der Waals surface area contributed by atoms with Gasteiger partial charge in [-0.3, -0.25) is 4.79 Å². The highest BCUT2D eigenvalue weighted by atomic mass is 19.4. The summed E-state index contributed by atoms with van der Waals surface area (Å²) in [5.74, 6) is -0.804. The van der Waals surface area contributed by atoms with Gasteiger partial charge in [0.2, 0.25) is 5.82 Å². The first-order valence-corrected chi connectivity index (χ1v) is 13.2. The fourth-order valence-corrected chi connectivity index (χ4v) is 5.36. The number of rotatable bonds is 9. The summed E-state index contributed by atoms with van der Waals surface area (Å²) in [5, 5.41) is 9.17. The number of alkyl halides is 6. The molecular weight excluding hydrogens is 526 g/mol. The van der Waals surface area contributed by atoms with E-state index in [9.17, 15) is 36.2 Å². The van der Waals surface area contributed by atoms with Crippen LogP contribution in [0.3, 0.4) is 0 Å². The first-order chi connectivity index (χ1) is 18.5. The Hall–Kier alpha value is -2.89. The van der Waals surface area contributed by atoms with Gasteiger partial charge in [-0.25, -0.2) is 9.97 Å². The van der Waals surface area contributed by atoms with Gasteiger partial charge in [-0.2, -0.15) is 26.3 Å². The Morgan fingerprint density at radius 1 is 0.923 bits per heavy atom. The zero-order chi connectivity index (χ0) is 28.2. The molecule has 3 heterocycles. The van der Waals surface area contributed by atoms with Crippen molar-refractivity contribution in [2.75, 3.05) is 36.0 Å². The molecule has 0 spiro atoms. The molecule has 0 unspecified atom stereocenters. The number of halogens is 6. The quantitative estimate of drug-likeness (QED) is 0.400. The summed E-state index contributed by atoms with van der Waals surface area (Å²) < 4.78 is 79.4. The van der Waals surface area contributed by atoms with E-state index in [0.29, 0.717) is 63.2 Å². The number of aliphatic hydroxyl groups excluding tert-OH is 1. The first-order valence-electron chi connectivity index (χ1n) is 13.2. The maximum absolute atomic E-state index is 13.7. The lowest BCUT2D eigenvalue weighted by molar-refractivity contribution is -0.144. The molecule has 2 fully saturated rings. The first kappa shape index (κ1) is 29.1. The number of carbonyl (C=O) groups excluding carboxylic acids is 1. The lowest BCUT2D eigenvalue weighted by atomic mass is 9.94. The lowest BCUT2D eigenvalue weighted by Gasteiger charge is -2.33. The van der Waals surface area contributed by atoms with E-state index in [0.717, 1.165) is 25.0 Å². The number of anilines is 2. The van der Waals surface area contributed by atoms with Crippen LogP contribution in [0.1, 0.15) is 61.9 Å². The van der Waals surface area contributed by atoms with E-state index in [4.69, 9.17) is 0 Å². The molecule has 0 saturated carbocycles. The molecule has 214 valence electrons. The average molecular weight is 559 g/mol. The molecule has 39 heavy (non-hydrogen) atoms. The number of hydrogen-bond donors (Lipinski definition) is 1. The summed E-state index contributed by atoms with van der Waals surface area (Å²) >= 11 is 0. The Morgan fingerprint density at radius 2 is 1.59 bits per heavy atom. The van der Waals surface area contributed by atoms with E-state index in [1.54, 1.807) is 9.80 Å². The second kappa shape index (κ2) is 12.1. The van der Waals surface area contributed by atoms with Crippen molar-refractivity contribution in [3.8, 4) is 0 Å². The molecule has 6 nitrogen and oxygen atoms in total. The van der Waals surface area contributed by atoms with Gasteiger partial charge in [0.1, 0.15) is 11.6 Å². The van der Waals surface area contributed by atoms with Crippen molar-refractivity contribution < 1.29 is 36.2 Å². The number of Topliss-reactive ketones (excluding diaryl/α,β-unsaturated/α-hetero) is 1. The Labute approximate surface area is 223 Å². The van der Waals surface area contributed by atoms with Crippen LogP contribution in [-0.2, 0) is 23.6 Å². The van der Waals surface area contributed by atoms with Gasteiger partial charge in [-0.1, -0.05) is 12.1 Å². The number of aromatic nitrogens is 2. The second-order valence-electron chi connectivity index (χ2n) is 10.2. The van der Waals surface area contributed by atoms with E-state index >= 15 is 0 Å². The maximum atomic E-state index is 13.7. The van der Waals surface area contributed by atoms with Crippen molar-refractivity contribution >= 4 is 17.4 Å². The smallest absolute Gasteiger partial charge is 0.396 e. The number of benzene rings is 1. The van der Waals surface area contributed by atoms with Crippen molar-refractivity contribution in [1.29, 1.82) is 0 Å². The molecule has 2 aromatic rings. The molecule has 1 aromatic heterocycles. The zero-order valence-electron chi connectivity index (χ0n) is 21.4. The molecule has 0 radical (unpaired) electrons. The predicted molar refractivity (Wildman–Crippen MR) is 133 cm³/mol. The van der Waals surface area contributed by atoms with Crippen molar-refractivity contribution in [3.63, 3.8) is 0 Å². The third-order valence-corrected chi connectivity index (χ3v) is 7.52. The summed E-state index contributed by atoms with van der Waals surface area (Å²) in [6.07, 6.45) is -4.91. The minimum Gasteiger partial charge on any atom is -0.396 e. The maximum Gasteiger partial charge on any atom is 0.451 e. The molecule has 1 aromatic carbocycles. The monoisotopic (exact) mass is 558 g/mol. The van der Waals surface area contributed by atoms with Gasteiger partial charge in [0.25, 0.3) is 0 Å². The lowest BCUT2D eigenvalue weighted by Crippen LogP contribution is -2.38. The molecule has 4 rings (SSSR count). The molecule has 0 aliphatic carbocycles. The van der Waals surface area contributed by atoms with Crippen LogP contribution < -0.4 is 9.80 Å². The van der Waals surface area contributed by atoms with Gasteiger partial charge >= 0.3 is 12.4 Å². The Bertz CT molecular complexity index is 1110. The van der Waals surface area contributed by atoms with Crippen molar-refractivity contribution in [2.24, 2.45) is 5.92 Å². The van der Waals surface area contributed by atoms with E-state index in [1.165, 1.54) is 18.2 Å². The van der Waals surface area contributed by atoms with Crippen LogP contribution in [0.25, 0.3) is 0 Å². The zero-order valence-corrected chi connectivity index (χ0v) is 21.4. The van der Waals surface area contributed by atoms with Gasteiger partial charge in [0.05, 0.1) is 11.6 Å². The summed E-state index contributed by atoms with van der Waals surface area (Å²) in [6.45, 7) is 1.51. The molecule has 0 bridgehead atoms. The largest absolute Gasteiger partial charge is 0.451 e. The summed E-state index contributed by atoms with van der Waals surface area (Å²) in [7, 11) is 0. The average Bonchev–Trinajstić information content (AvgIpc) is 3.39. The van der Waals surface area contributed by atoms with Crippen LogP contribution in [0.5, 0.6) is 0 Å². The third kappa shape index (κ3) is 7.40. The summed E-state index contributed by atoms with van der Waals surface area (Å²) in [4.78, 5) is 24.1. The number of ketones is 1. The van der Waals surface area contributed by atoms with Gasteiger partial charge in [-0.15, -0.1) is 0 Å². The minimum atomic E-state index is -4.75. The fourth-order valence-electron chi connectivity index (χ4n) is 5.36. The molecule has 2 aliphatic rings. The normalized spacial score (nSPS) is 19.1. The number of nitrogens with zero attached hydrogens (tertiary/aromatic N) is 4. The number of hydrogen-bond acceptors (Lipinski definition) is 6. The topological polar surface area (TPSA) is 69.6 Å². The van der Waals surface area contributed by atoms with Crippen LogP contribution in [-0.4, -0.2) is 53.1 Å². The Balaban J connectivity index is 1.44. The van der Waals surface area contributed by atoms with Crippen molar-refractivity contribution in [3.05, 3.63) is 47.3 Å². The molecule has 1 N–H and O–H groups in total. The molecule has 0 amide bonds. The standard InChI is InChI=1S/C27H32F6N4O2/c28-26(29,30)20-8-6-18(7-9-20)3-1-5-22(39)21-4-2-13-37(21)24-17-23(34-25(35-24)27(31,32)33)36-14-10-19(11-15-36)12-16-38/h6-9,17,19,21,38H,1-5,10-16H2/t21-/m0/s1. The number of aliphatic hydroxyl groups is 1. The number of carbonyl (C=O) groups is 1. The third-order valence-electron chi connectivity index (χ3n) is 7.52. The predicted octanol–water partition coefficient (Wildman–Crippen LogP) is 5.67. The van der Waals surface area contributed by atoms with Crippen molar-refractivity contribution in [1.82, 2.24) is 9.97 Å². The Kier molecular flexibility index (Phi) is 9.03. The number of aryl methyl sites for hydroxylation is 1. The van der Waals surface area contributed by atoms with Gasteiger partial charge < -0.3 is 14.9 Å². The van der Waals surface area contributed by atoms with Crippen LogP contribution in [0.2, 0.25) is 0 Å².